The molecule has 0 unspecified atom stereocenters. The van der Waals surface area contributed by atoms with E-state index in [1.807, 2.05) is 26.0 Å². The van der Waals surface area contributed by atoms with Crippen molar-refractivity contribution in [2.75, 3.05) is 0 Å². The van der Waals surface area contributed by atoms with Gasteiger partial charge in [0.2, 0.25) is 0 Å². The Morgan fingerprint density at radius 3 is 2.43 bits per heavy atom. The van der Waals surface area contributed by atoms with Crippen LogP contribution in [-0.2, 0) is 22.0 Å². The van der Waals surface area contributed by atoms with Gasteiger partial charge in [-0.1, -0.05) is 65.0 Å². The second-order valence-electron chi connectivity index (χ2n) is 9.65. The lowest BCUT2D eigenvalue weighted by atomic mass is 9.61. The normalized spacial score (nSPS) is 22.1. The van der Waals surface area contributed by atoms with E-state index in [4.69, 9.17) is 0 Å². The third-order valence-electron chi connectivity index (χ3n) is 6.82. The highest BCUT2D eigenvalue weighted by molar-refractivity contribution is 5.88. The summed E-state index contributed by atoms with van der Waals surface area (Å²) in [5, 5.41) is 9.28. The summed E-state index contributed by atoms with van der Waals surface area (Å²) in [7, 11) is 0. The van der Waals surface area contributed by atoms with E-state index >= 15 is 0 Å². The summed E-state index contributed by atoms with van der Waals surface area (Å²) in [5.74, 6) is -0.819. The molecule has 0 atom stereocenters. The van der Waals surface area contributed by atoms with Crippen molar-refractivity contribution in [2.24, 2.45) is 0 Å². The van der Waals surface area contributed by atoms with E-state index in [-0.39, 0.29) is 10.8 Å². The second-order valence-corrected chi connectivity index (χ2v) is 9.65. The molecule has 0 fully saturated rings. The van der Waals surface area contributed by atoms with Crippen LogP contribution in [0.3, 0.4) is 0 Å². The Kier molecular flexibility index (Phi) is 5.44. The van der Waals surface area contributed by atoms with E-state index < -0.39 is 5.97 Å². The quantitative estimate of drug-likeness (QED) is 0.466. The van der Waals surface area contributed by atoms with Crippen LogP contribution in [0.5, 0.6) is 0 Å². The molecule has 1 N–H and O–H groups in total. The van der Waals surface area contributed by atoms with Crippen molar-refractivity contribution in [1.82, 2.24) is 0 Å². The van der Waals surface area contributed by atoms with Crippen LogP contribution in [0.1, 0.15) is 89.5 Å². The molecular weight excluding hydrogens is 344 g/mol. The number of carboxylic acid groups (broad SMARTS) is 1. The second kappa shape index (κ2) is 7.39. The van der Waals surface area contributed by atoms with E-state index in [9.17, 15) is 9.90 Å². The first-order valence-corrected chi connectivity index (χ1v) is 10.6. The minimum absolute atomic E-state index is 0.234. The average Bonchev–Trinajstić information content (AvgIpc) is 3.02. The number of carboxylic acids is 1. The van der Waals surface area contributed by atoms with Crippen LogP contribution in [0.4, 0.5) is 0 Å². The van der Waals surface area contributed by atoms with Gasteiger partial charge < -0.3 is 5.11 Å². The topological polar surface area (TPSA) is 37.3 Å². The molecule has 1 aromatic carbocycles. The number of fused-ring (bicyclic) bond motifs is 3. The number of hydrogen-bond acceptors (Lipinski definition) is 1. The molecule has 0 saturated heterocycles. The maximum absolute atomic E-state index is 11.3. The van der Waals surface area contributed by atoms with Gasteiger partial charge in [-0.15, -0.1) is 0 Å². The average molecular weight is 379 g/mol. The smallest absolute Gasteiger partial charge is 0.331 e. The minimum atomic E-state index is -0.819. The first kappa shape index (κ1) is 20.6. The van der Waals surface area contributed by atoms with Crippen molar-refractivity contribution in [2.45, 2.75) is 84.5 Å². The van der Waals surface area contributed by atoms with Crippen molar-refractivity contribution in [3.05, 3.63) is 63.8 Å². The van der Waals surface area contributed by atoms with E-state index in [0.29, 0.717) is 12.0 Å². The van der Waals surface area contributed by atoms with Crippen molar-refractivity contribution in [3.63, 3.8) is 0 Å². The van der Waals surface area contributed by atoms with Gasteiger partial charge in [0, 0.05) is 5.57 Å². The predicted molar refractivity (Wildman–Crippen MR) is 118 cm³/mol. The number of carbonyl (C=O) groups is 1. The Labute approximate surface area is 170 Å². The van der Waals surface area contributed by atoms with Crippen LogP contribution in [0, 0.1) is 0 Å². The highest BCUT2D eigenvalue weighted by atomic mass is 16.4. The summed E-state index contributed by atoms with van der Waals surface area (Å²) < 4.78 is 0. The predicted octanol–water partition coefficient (Wildman–Crippen LogP) is 6.73. The van der Waals surface area contributed by atoms with Gasteiger partial charge in [-0.05, 0) is 83.3 Å². The Hall–Kier alpha value is -2.09. The van der Waals surface area contributed by atoms with Gasteiger partial charge in [0.1, 0.15) is 0 Å². The van der Waals surface area contributed by atoms with Gasteiger partial charge in [0.05, 0.1) is 0 Å². The van der Waals surface area contributed by atoms with Crippen LogP contribution in [-0.4, -0.2) is 11.1 Å². The Morgan fingerprint density at radius 1 is 1.11 bits per heavy atom. The van der Waals surface area contributed by atoms with Crippen molar-refractivity contribution < 1.29 is 9.90 Å². The van der Waals surface area contributed by atoms with Crippen LogP contribution in [0.15, 0.2) is 41.5 Å². The highest BCUT2D eigenvalue weighted by Crippen LogP contribution is 2.50. The zero-order valence-corrected chi connectivity index (χ0v) is 18.3. The lowest BCUT2D eigenvalue weighted by molar-refractivity contribution is -0.132. The molecule has 1 aromatic rings. The van der Waals surface area contributed by atoms with Gasteiger partial charge in [-0.3, -0.25) is 0 Å². The van der Waals surface area contributed by atoms with E-state index in [2.05, 4.69) is 45.9 Å². The molecule has 0 saturated carbocycles. The van der Waals surface area contributed by atoms with Crippen molar-refractivity contribution >= 4 is 11.5 Å². The largest absolute Gasteiger partial charge is 0.478 e. The molecule has 0 amide bonds. The zero-order chi connectivity index (χ0) is 20.7. The fraction of sp³-hybridized carbons (Fsp3) is 0.500. The van der Waals surface area contributed by atoms with E-state index in [1.54, 1.807) is 11.1 Å². The molecule has 150 valence electrons. The third kappa shape index (κ3) is 3.62. The summed E-state index contributed by atoms with van der Waals surface area (Å²) in [6.07, 6.45) is 11.3. The van der Waals surface area contributed by atoms with Gasteiger partial charge in [0.15, 0.2) is 0 Å². The van der Waals surface area contributed by atoms with Crippen molar-refractivity contribution in [3.8, 4) is 0 Å². The first-order valence-electron chi connectivity index (χ1n) is 10.6. The van der Waals surface area contributed by atoms with Crippen LogP contribution in [0.25, 0.3) is 5.57 Å². The zero-order valence-electron chi connectivity index (χ0n) is 18.3. The Balaban J connectivity index is 1.99. The number of benzene rings is 1. The molecule has 2 heteroatoms. The van der Waals surface area contributed by atoms with E-state index in [1.165, 1.54) is 29.5 Å². The Bertz CT molecular complexity index is 891. The maximum atomic E-state index is 11.3. The summed E-state index contributed by atoms with van der Waals surface area (Å²) in [6.45, 7) is 13.3. The minimum Gasteiger partial charge on any atom is -0.478 e. The number of rotatable bonds is 4. The summed E-state index contributed by atoms with van der Waals surface area (Å²) in [5.41, 5.74) is 9.23. The maximum Gasteiger partial charge on any atom is 0.331 e. The molecule has 0 aliphatic heterocycles. The van der Waals surface area contributed by atoms with Crippen LogP contribution in [0.2, 0.25) is 0 Å². The molecule has 2 aliphatic carbocycles. The lowest BCUT2D eigenvalue weighted by Crippen LogP contribution is -2.35. The molecular formula is C26H34O2. The lowest BCUT2D eigenvalue weighted by Gasteiger charge is -2.43. The fourth-order valence-electron chi connectivity index (χ4n) is 5.01. The molecule has 2 nitrogen and oxygen atoms in total. The number of allylic oxidation sites excluding steroid dienone is 5. The summed E-state index contributed by atoms with van der Waals surface area (Å²) in [4.78, 5) is 11.3. The third-order valence-corrected chi connectivity index (χ3v) is 6.82. The van der Waals surface area contributed by atoms with E-state index in [0.717, 1.165) is 18.4 Å². The highest BCUT2D eigenvalue weighted by Gasteiger charge is 2.40. The SMILES string of the molecule is CCC(C(=O)O)=C(C)C=CC=C1CCc2c1ccc1c2C(C)(C)CCC1(C)C. The monoisotopic (exact) mass is 378 g/mol. The molecule has 28 heavy (non-hydrogen) atoms. The van der Waals surface area contributed by atoms with Crippen LogP contribution >= 0.6 is 0 Å². The first-order chi connectivity index (χ1) is 13.1. The van der Waals surface area contributed by atoms with Gasteiger partial charge in [-0.25, -0.2) is 4.79 Å². The molecule has 2 aliphatic rings. The standard InChI is InChI=1S/C26H34O2/c1-7-19(24(27)28)17(2)9-8-10-18-11-12-21-20(18)13-14-22-23(21)26(5,6)16-15-25(22,3)4/h8-10,13-14H,7,11-12,15-16H2,1-6H3,(H,27,28). The molecule has 0 heterocycles. The molecule has 0 spiro atoms. The number of hydrogen-bond donors (Lipinski definition) is 1. The fourth-order valence-corrected chi connectivity index (χ4v) is 5.01. The molecule has 0 bridgehead atoms. The molecule has 0 radical (unpaired) electrons. The van der Waals surface area contributed by atoms with Gasteiger partial charge in [-0.2, -0.15) is 0 Å². The van der Waals surface area contributed by atoms with Crippen LogP contribution < -0.4 is 0 Å². The van der Waals surface area contributed by atoms with Crippen molar-refractivity contribution in [1.29, 1.82) is 0 Å². The Morgan fingerprint density at radius 2 is 1.79 bits per heavy atom. The molecule has 0 aromatic heterocycles. The molecule has 3 rings (SSSR count). The number of aliphatic carboxylic acids is 1. The van der Waals surface area contributed by atoms with Gasteiger partial charge in [0.25, 0.3) is 0 Å². The summed E-state index contributed by atoms with van der Waals surface area (Å²) >= 11 is 0. The van der Waals surface area contributed by atoms with Gasteiger partial charge >= 0.3 is 5.97 Å². The summed E-state index contributed by atoms with van der Waals surface area (Å²) in [6, 6.07) is 4.68.